The molecule has 0 saturated carbocycles. The Morgan fingerprint density at radius 2 is 2.21 bits per heavy atom. The van der Waals surface area contributed by atoms with Gasteiger partial charge in [-0.3, -0.25) is 0 Å². The van der Waals surface area contributed by atoms with Gasteiger partial charge in [-0.15, -0.1) is 0 Å². The van der Waals surface area contributed by atoms with Crippen LogP contribution in [-0.4, -0.2) is 27.5 Å². The number of thioether (sulfide) groups is 1. The predicted molar refractivity (Wildman–Crippen MR) is 61.0 cm³/mol. The second-order valence-electron chi connectivity index (χ2n) is 3.24. The number of halogens is 1. The molecular weight excluding hydrogens is 218 g/mol. The topological polar surface area (TPSA) is 37.8 Å². The molecule has 1 aliphatic heterocycles. The highest BCUT2D eigenvalue weighted by molar-refractivity contribution is 7.99. The molecule has 1 saturated heterocycles. The van der Waals surface area contributed by atoms with E-state index in [4.69, 9.17) is 11.6 Å². The third-order valence-corrected chi connectivity index (χ3v) is 3.43. The lowest BCUT2D eigenvalue weighted by Crippen LogP contribution is -2.24. The lowest BCUT2D eigenvalue weighted by Gasteiger charge is -2.22. The largest absolute Gasteiger partial charge is 0.367 e. The summed E-state index contributed by atoms with van der Waals surface area (Å²) in [7, 11) is 0. The summed E-state index contributed by atoms with van der Waals surface area (Å²) in [6, 6.07) is 2.40. The van der Waals surface area contributed by atoms with Crippen LogP contribution in [0.15, 0.2) is 12.3 Å². The van der Waals surface area contributed by atoms with Crippen LogP contribution < -0.4 is 5.32 Å². The number of hydrogen-bond donors (Lipinski definition) is 1. The molecule has 1 aromatic rings. The quantitative estimate of drug-likeness (QED) is 0.791. The van der Waals surface area contributed by atoms with Crippen molar-refractivity contribution in [3.63, 3.8) is 0 Å². The Morgan fingerprint density at radius 3 is 2.93 bits per heavy atom. The van der Waals surface area contributed by atoms with Crippen LogP contribution in [0.4, 0.5) is 5.82 Å². The Balaban J connectivity index is 1.95. The fraction of sp³-hybridized carbons (Fsp3) is 0.556. The van der Waals surface area contributed by atoms with Crippen molar-refractivity contribution in [2.75, 3.05) is 16.8 Å². The standard InChI is InChI=1S/C9H12ClN3S/c10-9-11-4-1-8(13-9)12-7-2-5-14-6-3-7/h1,4,7H,2-3,5-6H2,(H,11,12,13). The van der Waals surface area contributed by atoms with Crippen molar-refractivity contribution in [2.24, 2.45) is 0 Å². The van der Waals surface area contributed by atoms with Gasteiger partial charge < -0.3 is 5.32 Å². The van der Waals surface area contributed by atoms with Crippen LogP contribution >= 0.6 is 23.4 Å². The van der Waals surface area contributed by atoms with Crippen molar-refractivity contribution in [3.05, 3.63) is 17.5 Å². The summed E-state index contributed by atoms with van der Waals surface area (Å²) in [6.07, 6.45) is 4.08. The fourth-order valence-electron chi connectivity index (χ4n) is 1.47. The van der Waals surface area contributed by atoms with Gasteiger partial charge in [-0.2, -0.15) is 11.8 Å². The zero-order chi connectivity index (χ0) is 9.80. The second kappa shape index (κ2) is 4.84. The summed E-state index contributed by atoms with van der Waals surface area (Å²) in [5.74, 6) is 3.30. The highest BCUT2D eigenvalue weighted by Crippen LogP contribution is 2.20. The molecule has 0 aliphatic carbocycles. The van der Waals surface area contributed by atoms with Gasteiger partial charge in [0, 0.05) is 12.2 Å². The molecule has 1 aromatic heterocycles. The van der Waals surface area contributed by atoms with Crippen molar-refractivity contribution in [3.8, 4) is 0 Å². The molecular formula is C9H12ClN3S. The number of hydrogen-bond acceptors (Lipinski definition) is 4. The van der Waals surface area contributed by atoms with Crippen LogP contribution in [0.2, 0.25) is 5.28 Å². The number of rotatable bonds is 2. The predicted octanol–water partition coefficient (Wildman–Crippen LogP) is 2.44. The van der Waals surface area contributed by atoms with Gasteiger partial charge in [0.1, 0.15) is 5.82 Å². The molecule has 5 heteroatoms. The summed E-state index contributed by atoms with van der Waals surface area (Å²) in [6.45, 7) is 0. The minimum absolute atomic E-state index is 0.306. The van der Waals surface area contributed by atoms with E-state index in [-0.39, 0.29) is 0 Å². The number of nitrogens with zero attached hydrogens (tertiary/aromatic N) is 2. The van der Waals surface area contributed by atoms with Crippen molar-refractivity contribution < 1.29 is 0 Å². The molecule has 1 fully saturated rings. The molecule has 1 N–H and O–H groups in total. The molecule has 0 atom stereocenters. The summed E-state index contributed by atoms with van der Waals surface area (Å²) >= 11 is 7.71. The van der Waals surface area contributed by atoms with E-state index in [1.54, 1.807) is 6.20 Å². The van der Waals surface area contributed by atoms with Gasteiger partial charge in [-0.05, 0) is 42.0 Å². The molecule has 3 nitrogen and oxygen atoms in total. The van der Waals surface area contributed by atoms with Crippen LogP contribution in [0, 0.1) is 0 Å². The minimum atomic E-state index is 0.306. The van der Waals surface area contributed by atoms with E-state index in [1.807, 2.05) is 17.8 Å². The maximum Gasteiger partial charge on any atom is 0.224 e. The lowest BCUT2D eigenvalue weighted by atomic mass is 10.1. The maximum absolute atomic E-state index is 5.70. The monoisotopic (exact) mass is 229 g/mol. The van der Waals surface area contributed by atoms with E-state index < -0.39 is 0 Å². The van der Waals surface area contributed by atoms with Gasteiger partial charge in [0.15, 0.2) is 0 Å². The summed E-state index contributed by atoms with van der Waals surface area (Å²) in [5, 5.41) is 3.68. The van der Waals surface area contributed by atoms with Gasteiger partial charge in [0.2, 0.25) is 5.28 Å². The first-order valence-electron chi connectivity index (χ1n) is 4.67. The molecule has 0 spiro atoms. The van der Waals surface area contributed by atoms with Crippen molar-refractivity contribution in [1.29, 1.82) is 0 Å². The first-order chi connectivity index (χ1) is 6.84. The Labute approximate surface area is 92.7 Å². The highest BCUT2D eigenvalue weighted by Gasteiger charge is 2.13. The molecule has 2 heterocycles. The van der Waals surface area contributed by atoms with E-state index in [9.17, 15) is 0 Å². The van der Waals surface area contributed by atoms with E-state index in [1.165, 1.54) is 24.3 Å². The fourth-order valence-corrected chi connectivity index (χ4v) is 2.72. The molecule has 2 rings (SSSR count). The molecule has 0 amide bonds. The average Bonchev–Trinajstić information content (AvgIpc) is 2.19. The normalized spacial score (nSPS) is 18.1. The van der Waals surface area contributed by atoms with Gasteiger partial charge in [0.25, 0.3) is 0 Å². The van der Waals surface area contributed by atoms with Crippen molar-refractivity contribution in [2.45, 2.75) is 18.9 Å². The summed E-state index contributed by atoms with van der Waals surface area (Å²) in [5.41, 5.74) is 0. The van der Waals surface area contributed by atoms with Crippen LogP contribution in [-0.2, 0) is 0 Å². The number of aromatic nitrogens is 2. The third-order valence-electron chi connectivity index (χ3n) is 2.20. The Morgan fingerprint density at radius 1 is 1.43 bits per heavy atom. The first kappa shape index (κ1) is 10.1. The minimum Gasteiger partial charge on any atom is -0.367 e. The van der Waals surface area contributed by atoms with E-state index in [0.29, 0.717) is 11.3 Å². The van der Waals surface area contributed by atoms with Crippen LogP contribution in [0.1, 0.15) is 12.8 Å². The average molecular weight is 230 g/mol. The lowest BCUT2D eigenvalue weighted by molar-refractivity contribution is 0.663. The van der Waals surface area contributed by atoms with E-state index >= 15 is 0 Å². The number of anilines is 1. The molecule has 1 aliphatic rings. The molecule has 76 valence electrons. The van der Waals surface area contributed by atoms with E-state index in [0.717, 1.165) is 5.82 Å². The Bertz CT molecular complexity index is 302. The third kappa shape index (κ3) is 2.75. The smallest absolute Gasteiger partial charge is 0.224 e. The van der Waals surface area contributed by atoms with Crippen LogP contribution in [0.3, 0.4) is 0 Å². The zero-order valence-electron chi connectivity index (χ0n) is 7.74. The van der Waals surface area contributed by atoms with E-state index in [2.05, 4.69) is 15.3 Å². The molecule has 14 heavy (non-hydrogen) atoms. The molecule has 0 aromatic carbocycles. The summed E-state index contributed by atoms with van der Waals surface area (Å²) < 4.78 is 0. The van der Waals surface area contributed by atoms with Gasteiger partial charge >= 0.3 is 0 Å². The number of nitrogens with one attached hydrogen (secondary N) is 1. The molecule has 0 bridgehead atoms. The zero-order valence-corrected chi connectivity index (χ0v) is 9.31. The second-order valence-corrected chi connectivity index (χ2v) is 4.80. The molecule has 0 unspecified atom stereocenters. The SMILES string of the molecule is Clc1nccc(NC2CCSCC2)n1. The first-order valence-corrected chi connectivity index (χ1v) is 6.21. The molecule has 0 radical (unpaired) electrons. The van der Waals surface area contributed by atoms with Crippen molar-refractivity contribution in [1.82, 2.24) is 9.97 Å². The van der Waals surface area contributed by atoms with Crippen LogP contribution in [0.5, 0.6) is 0 Å². The van der Waals surface area contributed by atoms with Gasteiger partial charge in [-0.1, -0.05) is 0 Å². The Hall–Kier alpha value is -0.480. The summed E-state index contributed by atoms with van der Waals surface area (Å²) in [4.78, 5) is 7.95. The van der Waals surface area contributed by atoms with Crippen molar-refractivity contribution >= 4 is 29.2 Å². The van der Waals surface area contributed by atoms with Gasteiger partial charge in [-0.25, -0.2) is 9.97 Å². The van der Waals surface area contributed by atoms with Crippen LogP contribution in [0.25, 0.3) is 0 Å². The van der Waals surface area contributed by atoms with Gasteiger partial charge in [0.05, 0.1) is 0 Å². The maximum atomic E-state index is 5.70. The highest BCUT2D eigenvalue weighted by atomic mass is 35.5. The Kier molecular flexibility index (Phi) is 3.48.